The number of ether oxygens (including phenoxy) is 3. The van der Waals surface area contributed by atoms with E-state index in [1.807, 2.05) is 20.8 Å². The lowest BCUT2D eigenvalue weighted by molar-refractivity contribution is -0.234. The number of carbonyl (C=O) groups is 1. The summed E-state index contributed by atoms with van der Waals surface area (Å²) < 4.78 is 15.6. The summed E-state index contributed by atoms with van der Waals surface area (Å²) in [7, 11) is 3.03. The van der Waals surface area contributed by atoms with E-state index < -0.39 is 17.5 Å². The van der Waals surface area contributed by atoms with Gasteiger partial charge in [0.25, 0.3) is 0 Å². The molecule has 0 aromatic rings. The summed E-state index contributed by atoms with van der Waals surface area (Å²) in [5, 5.41) is 0. The van der Waals surface area contributed by atoms with E-state index in [2.05, 4.69) is 6.58 Å². The highest BCUT2D eigenvalue weighted by Crippen LogP contribution is 2.36. The molecule has 1 saturated heterocycles. The molecule has 0 radical (unpaired) electrons. The van der Waals surface area contributed by atoms with Crippen molar-refractivity contribution in [2.24, 2.45) is 0 Å². The first-order valence-electron chi connectivity index (χ1n) is 5.06. The first-order valence-corrected chi connectivity index (χ1v) is 5.06. The van der Waals surface area contributed by atoms with Crippen LogP contribution in [0.5, 0.6) is 0 Å². The third-order valence-corrected chi connectivity index (χ3v) is 2.41. The highest BCUT2D eigenvalue weighted by molar-refractivity contribution is 5.73. The Bertz CT molecular complexity index is 302. The molecule has 0 spiro atoms. The second-order valence-electron chi connectivity index (χ2n) is 4.67. The van der Waals surface area contributed by atoms with Gasteiger partial charge in [-0.1, -0.05) is 6.58 Å². The van der Waals surface area contributed by atoms with Crippen molar-refractivity contribution < 1.29 is 19.0 Å². The lowest BCUT2D eigenvalue weighted by Gasteiger charge is -2.48. The average molecular weight is 229 g/mol. The van der Waals surface area contributed by atoms with Gasteiger partial charge in [-0.05, 0) is 20.8 Å². The zero-order valence-electron chi connectivity index (χ0n) is 10.5. The fraction of sp³-hybridized carbons (Fsp3) is 0.727. The Hall–Kier alpha value is -1.07. The number of hydrogen-bond donors (Lipinski definition) is 0. The monoisotopic (exact) mass is 229 g/mol. The highest BCUT2D eigenvalue weighted by atomic mass is 16.7. The molecule has 5 nitrogen and oxygen atoms in total. The van der Waals surface area contributed by atoms with E-state index in [9.17, 15) is 4.79 Å². The molecule has 0 bridgehead atoms. The van der Waals surface area contributed by atoms with Gasteiger partial charge in [0.2, 0.25) is 5.79 Å². The third-order valence-electron chi connectivity index (χ3n) is 2.41. The standard InChI is InChI=1S/C11H19NO4/c1-8-11(14-5,15-6)7-12(8)9(13)16-10(2,3)4/h1,7H2,2-6H3. The number of amides is 1. The number of nitrogens with zero attached hydrogens (tertiary/aromatic N) is 1. The van der Waals surface area contributed by atoms with Gasteiger partial charge in [-0.3, -0.25) is 4.90 Å². The van der Waals surface area contributed by atoms with Crippen LogP contribution in [0, 0.1) is 0 Å². The molecule has 1 aliphatic heterocycles. The maximum absolute atomic E-state index is 11.7. The SMILES string of the molecule is C=C1N(C(=O)OC(C)(C)C)CC1(OC)OC. The number of rotatable bonds is 2. The highest BCUT2D eigenvalue weighted by Gasteiger charge is 2.52. The van der Waals surface area contributed by atoms with Crippen molar-refractivity contribution in [2.45, 2.75) is 32.2 Å². The molecule has 0 unspecified atom stereocenters. The predicted octanol–water partition coefficient (Wildman–Crippen LogP) is 1.74. The maximum Gasteiger partial charge on any atom is 0.414 e. The Morgan fingerprint density at radius 1 is 1.38 bits per heavy atom. The Labute approximate surface area is 96.0 Å². The molecule has 0 atom stereocenters. The molecule has 1 rings (SSSR count). The summed E-state index contributed by atoms with van der Waals surface area (Å²) in [4.78, 5) is 13.1. The fourth-order valence-corrected chi connectivity index (χ4v) is 1.45. The molecule has 1 aliphatic rings. The van der Waals surface area contributed by atoms with E-state index in [-0.39, 0.29) is 0 Å². The van der Waals surface area contributed by atoms with Crippen LogP contribution < -0.4 is 0 Å². The summed E-state index contributed by atoms with van der Waals surface area (Å²) in [5.74, 6) is -0.878. The molecule has 0 N–H and O–H groups in total. The van der Waals surface area contributed by atoms with Gasteiger partial charge in [0.05, 0.1) is 12.2 Å². The first-order chi connectivity index (χ1) is 7.25. The van der Waals surface area contributed by atoms with E-state index in [1.54, 1.807) is 0 Å². The van der Waals surface area contributed by atoms with Crippen LogP contribution >= 0.6 is 0 Å². The van der Waals surface area contributed by atoms with Gasteiger partial charge in [-0.2, -0.15) is 0 Å². The van der Waals surface area contributed by atoms with Gasteiger partial charge in [-0.25, -0.2) is 4.79 Å². The molecule has 0 aromatic heterocycles. The lowest BCUT2D eigenvalue weighted by atomic mass is 10.0. The summed E-state index contributed by atoms with van der Waals surface area (Å²) in [6, 6.07) is 0. The van der Waals surface area contributed by atoms with Crippen molar-refractivity contribution in [3.63, 3.8) is 0 Å². The molecular weight excluding hydrogens is 210 g/mol. The Morgan fingerprint density at radius 2 is 1.88 bits per heavy atom. The second kappa shape index (κ2) is 4.07. The Balaban J connectivity index is 2.62. The van der Waals surface area contributed by atoms with Crippen LogP contribution in [0.4, 0.5) is 4.79 Å². The van der Waals surface area contributed by atoms with Crippen LogP contribution in [-0.4, -0.2) is 43.1 Å². The van der Waals surface area contributed by atoms with Crippen molar-refractivity contribution in [2.75, 3.05) is 20.8 Å². The molecule has 1 heterocycles. The van der Waals surface area contributed by atoms with Crippen molar-refractivity contribution in [1.82, 2.24) is 4.90 Å². The second-order valence-corrected chi connectivity index (χ2v) is 4.67. The zero-order chi connectivity index (χ0) is 12.6. The van der Waals surface area contributed by atoms with E-state index in [4.69, 9.17) is 14.2 Å². The summed E-state index contributed by atoms with van der Waals surface area (Å²) >= 11 is 0. The van der Waals surface area contributed by atoms with Crippen LogP contribution in [0.25, 0.3) is 0 Å². The number of carbonyl (C=O) groups excluding carboxylic acids is 1. The fourth-order valence-electron chi connectivity index (χ4n) is 1.45. The van der Waals surface area contributed by atoms with E-state index >= 15 is 0 Å². The van der Waals surface area contributed by atoms with Gasteiger partial charge < -0.3 is 14.2 Å². The molecule has 92 valence electrons. The van der Waals surface area contributed by atoms with E-state index in [0.29, 0.717) is 12.2 Å². The van der Waals surface area contributed by atoms with Gasteiger partial charge in [0.1, 0.15) is 5.60 Å². The van der Waals surface area contributed by atoms with Gasteiger partial charge in [-0.15, -0.1) is 0 Å². The number of likely N-dealkylation sites (tertiary alicyclic amines) is 1. The zero-order valence-corrected chi connectivity index (χ0v) is 10.5. The molecular formula is C11H19NO4. The van der Waals surface area contributed by atoms with Crippen LogP contribution in [0.15, 0.2) is 12.3 Å². The minimum absolute atomic E-state index is 0.299. The van der Waals surface area contributed by atoms with Gasteiger partial charge >= 0.3 is 6.09 Å². The summed E-state index contributed by atoms with van der Waals surface area (Å²) in [6.07, 6.45) is -0.428. The Morgan fingerprint density at radius 3 is 2.19 bits per heavy atom. The smallest absolute Gasteiger partial charge is 0.414 e. The molecule has 1 amide bonds. The average Bonchev–Trinajstić information content (AvgIpc) is 2.15. The van der Waals surface area contributed by atoms with Gasteiger partial charge in [0, 0.05) is 14.2 Å². The van der Waals surface area contributed by atoms with Crippen LogP contribution in [-0.2, 0) is 14.2 Å². The predicted molar refractivity (Wildman–Crippen MR) is 58.8 cm³/mol. The van der Waals surface area contributed by atoms with Crippen LogP contribution in [0.2, 0.25) is 0 Å². The van der Waals surface area contributed by atoms with Crippen molar-refractivity contribution >= 4 is 6.09 Å². The van der Waals surface area contributed by atoms with Crippen LogP contribution in [0.1, 0.15) is 20.8 Å². The van der Waals surface area contributed by atoms with E-state index in [1.165, 1.54) is 19.1 Å². The summed E-state index contributed by atoms with van der Waals surface area (Å²) in [5.41, 5.74) is -0.0535. The molecule has 0 aliphatic carbocycles. The normalized spacial score (nSPS) is 19.3. The van der Waals surface area contributed by atoms with Crippen molar-refractivity contribution in [1.29, 1.82) is 0 Å². The summed E-state index contributed by atoms with van der Waals surface area (Å²) in [6.45, 7) is 9.50. The molecule has 1 fully saturated rings. The Kier molecular flexibility index (Phi) is 3.30. The largest absolute Gasteiger partial charge is 0.443 e. The minimum atomic E-state index is -0.878. The number of methoxy groups -OCH3 is 2. The van der Waals surface area contributed by atoms with Crippen molar-refractivity contribution in [3.05, 3.63) is 12.3 Å². The van der Waals surface area contributed by atoms with Crippen molar-refractivity contribution in [3.8, 4) is 0 Å². The number of hydrogen-bond acceptors (Lipinski definition) is 4. The molecule has 16 heavy (non-hydrogen) atoms. The minimum Gasteiger partial charge on any atom is -0.443 e. The molecule has 5 heteroatoms. The lowest BCUT2D eigenvalue weighted by Crippen LogP contribution is -2.63. The van der Waals surface area contributed by atoms with Crippen LogP contribution in [0.3, 0.4) is 0 Å². The molecule has 0 saturated carbocycles. The molecule has 0 aromatic carbocycles. The van der Waals surface area contributed by atoms with Gasteiger partial charge in [0.15, 0.2) is 0 Å². The first kappa shape index (κ1) is 13.0. The maximum atomic E-state index is 11.7. The third kappa shape index (κ3) is 2.20. The quantitative estimate of drug-likeness (QED) is 0.677. The van der Waals surface area contributed by atoms with E-state index in [0.717, 1.165) is 0 Å². The topological polar surface area (TPSA) is 48.0 Å².